The average Bonchev–Trinajstić information content (AvgIpc) is 3.21. The Kier molecular flexibility index (Phi) is 5.33. The Balaban J connectivity index is 1.83. The number of hydrogen-bond donors (Lipinski definition) is 0. The molecule has 1 aliphatic heterocycles. The summed E-state index contributed by atoms with van der Waals surface area (Å²) < 4.78 is 6.10. The smallest absolute Gasteiger partial charge is 0.217 e. The maximum atomic E-state index is 6.10. The van der Waals surface area contributed by atoms with Crippen molar-refractivity contribution in [2.75, 3.05) is 6.61 Å². The van der Waals surface area contributed by atoms with Crippen LogP contribution in [0.5, 0.6) is 0 Å². The van der Waals surface area contributed by atoms with E-state index in [9.17, 15) is 0 Å². The van der Waals surface area contributed by atoms with Gasteiger partial charge in [-0.15, -0.1) is 0 Å². The molecule has 0 fully saturated rings. The Morgan fingerprint density at radius 2 is 1.32 bits per heavy atom. The van der Waals surface area contributed by atoms with E-state index in [1.807, 2.05) is 0 Å². The van der Waals surface area contributed by atoms with Crippen molar-refractivity contribution in [1.29, 1.82) is 0 Å². The highest BCUT2D eigenvalue weighted by atomic mass is 31.1. The molecule has 3 aromatic rings. The van der Waals surface area contributed by atoms with Gasteiger partial charge in [0.2, 0.25) is 5.90 Å². The van der Waals surface area contributed by atoms with Gasteiger partial charge >= 0.3 is 0 Å². The Labute approximate surface area is 169 Å². The van der Waals surface area contributed by atoms with Gasteiger partial charge in [-0.1, -0.05) is 99.6 Å². The van der Waals surface area contributed by atoms with Gasteiger partial charge in [-0.3, -0.25) is 0 Å². The van der Waals surface area contributed by atoms with Crippen LogP contribution in [-0.4, -0.2) is 18.5 Å². The Morgan fingerprint density at radius 3 is 1.86 bits per heavy atom. The van der Waals surface area contributed by atoms with Crippen LogP contribution in [0.3, 0.4) is 0 Å². The summed E-state index contributed by atoms with van der Waals surface area (Å²) in [6, 6.07) is 30.3. The van der Waals surface area contributed by atoms with E-state index in [1.54, 1.807) is 0 Å². The number of nitrogens with zero attached hydrogens (tertiary/aromatic N) is 1. The van der Waals surface area contributed by atoms with Crippen molar-refractivity contribution in [2.45, 2.75) is 26.8 Å². The molecule has 4 rings (SSSR count). The monoisotopic (exact) mass is 387 g/mol. The third kappa shape index (κ3) is 3.88. The molecule has 3 aromatic carbocycles. The summed E-state index contributed by atoms with van der Waals surface area (Å²) in [6.45, 7) is 7.32. The van der Waals surface area contributed by atoms with E-state index >= 15 is 0 Å². The van der Waals surface area contributed by atoms with Crippen LogP contribution in [0.2, 0.25) is 0 Å². The van der Waals surface area contributed by atoms with Crippen molar-refractivity contribution in [3.8, 4) is 0 Å². The van der Waals surface area contributed by atoms with Crippen LogP contribution in [0.4, 0.5) is 0 Å². The maximum Gasteiger partial charge on any atom is 0.217 e. The molecule has 2 nitrogen and oxygen atoms in total. The molecule has 142 valence electrons. The molecule has 0 N–H and O–H groups in total. The van der Waals surface area contributed by atoms with E-state index in [0.717, 1.165) is 11.5 Å². The first-order valence-corrected chi connectivity index (χ1v) is 11.1. The largest absolute Gasteiger partial charge is 0.475 e. The molecule has 1 atom stereocenters. The topological polar surface area (TPSA) is 21.6 Å². The standard InChI is InChI=1S/C25H26NOP/c1-25(2,3)23-18-27-24(26-23)21-16-10-11-17-22(21)28(19-12-6-4-7-13-19)20-14-8-5-9-15-20/h4-17,23H,18H2,1-3H3/t23-/m1/s1. The minimum Gasteiger partial charge on any atom is -0.475 e. The van der Waals surface area contributed by atoms with Crippen molar-refractivity contribution in [3.05, 3.63) is 90.5 Å². The molecule has 3 heteroatoms. The molecule has 0 aromatic heterocycles. The highest BCUT2D eigenvalue weighted by Gasteiger charge is 2.32. The molecule has 0 unspecified atom stereocenters. The summed E-state index contributed by atoms with van der Waals surface area (Å²) in [5.41, 5.74) is 1.22. The van der Waals surface area contributed by atoms with Crippen molar-refractivity contribution in [1.82, 2.24) is 0 Å². The molecular weight excluding hydrogens is 361 g/mol. The van der Waals surface area contributed by atoms with Crippen molar-refractivity contribution in [2.24, 2.45) is 10.4 Å². The van der Waals surface area contributed by atoms with Gasteiger partial charge in [0.05, 0.1) is 6.04 Å². The molecule has 0 bridgehead atoms. The second-order valence-corrected chi connectivity index (χ2v) is 10.3. The van der Waals surface area contributed by atoms with Crippen LogP contribution in [0.15, 0.2) is 89.9 Å². The van der Waals surface area contributed by atoms with Crippen molar-refractivity contribution in [3.63, 3.8) is 0 Å². The molecule has 0 spiro atoms. The van der Waals surface area contributed by atoms with Crippen LogP contribution >= 0.6 is 7.92 Å². The highest BCUT2D eigenvalue weighted by molar-refractivity contribution is 7.80. The summed E-state index contributed by atoms with van der Waals surface area (Å²) in [4.78, 5) is 4.96. The molecule has 0 saturated carbocycles. The van der Waals surface area contributed by atoms with Gasteiger partial charge in [0, 0.05) is 5.56 Å². The Morgan fingerprint density at radius 1 is 0.786 bits per heavy atom. The lowest BCUT2D eigenvalue weighted by Gasteiger charge is -2.22. The zero-order valence-electron chi connectivity index (χ0n) is 16.7. The van der Waals surface area contributed by atoms with Gasteiger partial charge in [-0.2, -0.15) is 0 Å². The van der Waals surface area contributed by atoms with E-state index in [0.29, 0.717) is 6.61 Å². The Hall–Kier alpha value is -2.44. The van der Waals surface area contributed by atoms with E-state index < -0.39 is 7.92 Å². The molecule has 0 radical (unpaired) electrons. The van der Waals surface area contributed by atoms with Crippen LogP contribution < -0.4 is 15.9 Å². The van der Waals surface area contributed by atoms with Crippen molar-refractivity contribution >= 4 is 29.7 Å². The van der Waals surface area contributed by atoms with Gasteiger partial charge < -0.3 is 4.74 Å². The minimum atomic E-state index is -0.686. The third-order valence-electron chi connectivity index (χ3n) is 5.05. The number of ether oxygens (including phenoxy) is 1. The summed E-state index contributed by atoms with van der Waals surface area (Å²) in [7, 11) is -0.686. The van der Waals surface area contributed by atoms with Crippen molar-refractivity contribution < 1.29 is 4.74 Å². The molecule has 1 aliphatic rings. The highest BCUT2D eigenvalue weighted by Crippen LogP contribution is 2.35. The van der Waals surface area contributed by atoms with Crippen LogP contribution in [0.25, 0.3) is 0 Å². The lowest BCUT2D eigenvalue weighted by atomic mass is 9.88. The summed E-state index contributed by atoms with van der Waals surface area (Å²) in [5, 5.41) is 3.97. The zero-order valence-corrected chi connectivity index (χ0v) is 17.6. The summed E-state index contributed by atoms with van der Waals surface area (Å²) in [5.74, 6) is 0.787. The first-order chi connectivity index (χ1) is 13.5. The predicted octanol–water partition coefficient (Wildman–Crippen LogP) is 4.64. The van der Waals surface area contributed by atoms with Gasteiger partial charge in [0.25, 0.3) is 0 Å². The fourth-order valence-corrected chi connectivity index (χ4v) is 5.84. The molecule has 28 heavy (non-hydrogen) atoms. The second-order valence-electron chi connectivity index (χ2n) is 8.15. The van der Waals surface area contributed by atoms with Gasteiger partial charge in [-0.25, -0.2) is 4.99 Å². The summed E-state index contributed by atoms with van der Waals surface area (Å²) in [6.07, 6.45) is 0. The predicted molar refractivity (Wildman–Crippen MR) is 121 cm³/mol. The number of benzene rings is 3. The molecule has 0 aliphatic carbocycles. The van der Waals surface area contributed by atoms with E-state index in [4.69, 9.17) is 9.73 Å². The quantitative estimate of drug-likeness (QED) is 0.598. The number of rotatable bonds is 4. The number of aliphatic imine (C=N–C) groups is 1. The molecule has 1 heterocycles. The SMILES string of the molecule is CC(C)(C)[C@H]1COC(c2ccccc2P(c2ccccc2)c2ccccc2)=N1. The second kappa shape index (κ2) is 7.89. The summed E-state index contributed by atoms with van der Waals surface area (Å²) >= 11 is 0. The Bertz CT molecular complexity index is 921. The maximum absolute atomic E-state index is 6.10. The minimum absolute atomic E-state index is 0.0975. The van der Waals surface area contributed by atoms with Crippen LogP contribution in [-0.2, 0) is 4.74 Å². The van der Waals surface area contributed by atoms with E-state index in [1.165, 1.54) is 15.9 Å². The normalized spacial score (nSPS) is 16.7. The van der Waals surface area contributed by atoms with Gasteiger partial charge in [-0.05, 0) is 35.3 Å². The molecule has 0 amide bonds. The van der Waals surface area contributed by atoms with Crippen LogP contribution in [0, 0.1) is 5.41 Å². The molecule has 0 saturated heterocycles. The van der Waals surface area contributed by atoms with E-state index in [-0.39, 0.29) is 11.5 Å². The molecular formula is C25H26NOP. The zero-order chi connectivity index (χ0) is 19.6. The number of hydrogen-bond acceptors (Lipinski definition) is 2. The fourth-order valence-electron chi connectivity index (χ4n) is 3.40. The lowest BCUT2D eigenvalue weighted by Crippen LogP contribution is -2.25. The lowest BCUT2D eigenvalue weighted by molar-refractivity contribution is 0.236. The fraction of sp³-hybridized carbons (Fsp3) is 0.240. The first-order valence-electron chi connectivity index (χ1n) is 9.74. The van der Waals surface area contributed by atoms with Crippen LogP contribution in [0.1, 0.15) is 26.3 Å². The van der Waals surface area contributed by atoms with Gasteiger partial charge in [0.15, 0.2) is 0 Å². The first kappa shape index (κ1) is 18.9. The van der Waals surface area contributed by atoms with Gasteiger partial charge in [0.1, 0.15) is 6.61 Å². The third-order valence-corrected chi connectivity index (χ3v) is 7.56. The van der Waals surface area contributed by atoms with E-state index in [2.05, 4.69) is 106 Å². The average molecular weight is 387 g/mol.